The molecule has 0 aromatic heterocycles. The van der Waals surface area contributed by atoms with Crippen LogP contribution < -0.4 is 0 Å². The van der Waals surface area contributed by atoms with Crippen molar-refractivity contribution in [2.75, 3.05) is 7.05 Å². The molecule has 1 aliphatic carbocycles. The van der Waals surface area contributed by atoms with Crippen LogP contribution in [0.25, 0.3) is 0 Å². The zero-order chi connectivity index (χ0) is 14.6. The van der Waals surface area contributed by atoms with E-state index in [9.17, 15) is 9.90 Å². The summed E-state index contributed by atoms with van der Waals surface area (Å²) >= 11 is 0. The number of amides is 1. The highest BCUT2D eigenvalue weighted by molar-refractivity contribution is 5.77. The largest absolute Gasteiger partial charge is 0.389 e. The maximum Gasteiger partial charge on any atom is 0.225 e. The fourth-order valence-electron chi connectivity index (χ4n) is 2.93. The average molecular weight is 275 g/mol. The topological polar surface area (TPSA) is 40.5 Å². The molecule has 0 heterocycles. The van der Waals surface area contributed by atoms with Crippen molar-refractivity contribution in [3.8, 4) is 0 Å². The maximum atomic E-state index is 12.3. The van der Waals surface area contributed by atoms with E-state index in [1.54, 1.807) is 4.90 Å². The van der Waals surface area contributed by atoms with Gasteiger partial charge >= 0.3 is 0 Å². The standard InChI is InChI=1S/C17H25NO2/c1-14-8-4-5-9-15(14)13-18(2)16(19)12-17(20)10-6-3-7-11-17/h4-5,8-9,20H,3,6-7,10-13H2,1-2H3. The molecule has 0 saturated heterocycles. The van der Waals surface area contributed by atoms with Crippen LogP contribution in [-0.4, -0.2) is 28.6 Å². The van der Waals surface area contributed by atoms with Gasteiger partial charge < -0.3 is 10.0 Å². The van der Waals surface area contributed by atoms with Crippen molar-refractivity contribution in [2.45, 2.75) is 57.6 Å². The maximum absolute atomic E-state index is 12.3. The number of hydrogen-bond acceptors (Lipinski definition) is 2. The van der Waals surface area contributed by atoms with Crippen LogP contribution >= 0.6 is 0 Å². The lowest BCUT2D eigenvalue weighted by atomic mass is 9.82. The molecule has 0 spiro atoms. The van der Waals surface area contributed by atoms with E-state index in [2.05, 4.69) is 19.1 Å². The molecule has 1 aromatic rings. The molecule has 1 fully saturated rings. The van der Waals surface area contributed by atoms with E-state index in [1.165, 1.54) is 17.5 Å². The zero-order valence-corrected chi connectivity index (χ0v) is 12.6. The third-order valence-electron chi connectivity index (χ3n) is 4.36. The fraction of sp³-hybridized carbons (Fsp3) is 0.588. The van der Waals surface area contributed by atoms with Crippen molar-refractivity contribution < 1.29 is 9.90 Å². The van der Waals surface area contributed by atoms with Gasteiger partial charge in [-0.1, -0.05) is 43.5 Å². The second kappa shape index (κ2) is 6.40. The van der Waals surface area contributed by atoms with Crippen molar-refractivity contribution in [1.29, 1.82) is 0 Å². The monoisotopic (exact) mass is 275 g/mol. The second-order valence-electron chi connectivity index (χ2n) is 6.14. The molecule has 2 rings (SSSR count). The summed E-state index contributed by atoms with van der Waals surface area (Å²) in [6.07, 6.45) is 5.02. The minimum absolute atomic E-state index is 0.0395. The highest BCUT2D eigenvalue weighted by atomic mass is 16.3. The molecular formula is C17H25NO2. The first-order valence-electron chi connectivity index (χ1n) is 7.51. The van der Waals surface area contributed by atoms with Crippen LogP contribution in [0.1, 0.15) is 49.7 Å². The number of aryl methyl sites for hydroxylation is 1. The van der Waals surface area contributed by atoms with E-state index in [-0.39, 0.29) is 12.3 Å². The Morgan fingerprint density at radius 1 is 1.25 bits per heavy atom. The van der Waals surface area contributed by atoms with Gasteiger partial charge in [-0.05, 0) is 30.9 Å². The molecule has 0 radical (unpaired) electrons. The summed E-state index contributed by atoms with van der Waals surface area (Å²) in [7, 11) is 1.82. The van der Waals surface area contributed by atoms with E-state index in [4.69, 9.17) is 0 Å². The highest BCUT2D eigenvalue weighted by Crippen LogP contribution is 2.31. The number of rotatable bonds is 4. The van der Waals surface area contributed by atoms with Crippen LogP contribution in [-0.2, 0) is 11.3 Å². The van der Waals surface area contributed by atoms with Gasteiger partial charge in [0.15, 0.2) is 0 Å². The van der Waals surface area contributed by atoms with Crippen molar-refractivity contribution in [1.82, 2.24) is 4.90 Å². The summed E-state index contributed by atoms with van der Waals surface area (Å²) in [6.45, 7) is 2.67. The molecule has 1 saturated carbocycles. The molecule has 3 heteroatoms. The SMILES string of the molecule is Cc1ccccc1CN(C)C(=O)CC1(O)CCCCC1. The average Bonchev–Trinajstić information content (AvgIpc) is 2.41. The lowest BCUT2D eigenvalue weighted by molar-refractivity contribution is -0.137. The minimum Gasteiger partial charge on any atom is -0.389 e. The number of nitrogens with zero attached hydrogens (tertiary/aromatic N) is 1. The molecule has 0 unspecified atom stereocenters. The Labute approximate surface area is 121 Å². The molecule has 1 aliphatic rings. The first kappa shape index (κ1) is 15.0. The first-order valence-corrected chi connectivity index (χ1v) is 7.51. The molecule has 20 heavy (non-hydrogen) atoms. The highest BCUT2D eigenvalue weighted by Gasteiger charge is 2.32. The molecule has 1 amide bonds. The molecule has 0 aliphatic heterocycles. The van der Waals surface area contributed by atoms with Crippen LogP contribution in [0.3, 0.4) is 0 Å². The van der Waals surface area contributed by atoms with Crippen LogP contribution in [0.2, 0.25) is 0 Å². The zero-order valence-electron chi connectivity index (χ0n) is 12.6. The molecule has 1 aromatic carbocycles. The van der Waals surface area contributed by atoms with Gasteiger partial charge in [-0.25, -0.2) is 0 Å². The Bertz CT molecular complexity index is 464. The predicted molar refractivity (Wildman–Crippen MR) is 80.3 cm³/mol. The molecular weight excluding hydrogens is 250 g/mol. The Hall–Kier alpha value is -1.35. The molecule has 0 atom stereocenters. The van der Waals surface area contributed by atoms with Gasteiger partial charge in [0.1, 0.15) is 0 Å². The Balaban J connectivity index is 1.93. The Kier molecular flexibility index (Phi) is 4.81. The van der Waals surface area contributed by atoms with Crippen LogP contribution in [0, 0.1) is 6.92 Å². The quantitative estimate of drug-likeness (QED) is 0.917. The van der Waals surface area contributed by atoms with Gasteiger partial charge in [0.05, 0.1) is 12.0 Å². The summed E-state index contributed by atoms with van der Waals surface area (Å²) < 4.78 is 0. The smallest absolute Gasteiger partial charge is 0.225 e. The van der Waals surface area contributed by atoms with E-state index >= 15 is 0 Å². The van der Waals surface area contributed by atoms with Crippen molar-refractivity contribution in [3.05, 3.63) is 35.4 Å². The summed E-state index contributed by atoms with van der Waals surface area (Å²) in [5, 5.41) is 10.5. The Morgan fingerprint density at radius 3 is 2.55 bits per heavy atom. The van der Waals surface area contributed by atoms with Gasteiger partial charge in [0.25, 0.3) is 0 Å². The molecule has 0 bridgehead atoms. The lowest BCUT2D eigenvalue weighted by Crippen LogP contribution is -2.39. The van der Waals surface area contributed by atoms with Gasteiger partial charge in [0, 0.05) is 13.6 Å². The molecule has 3 nitrogen and oxygen atoms in total. The summed E-state index contributed by atoms with van der Waals surface area (Å²) in [5.74, 6) is 0.0395. The summed E-state index contributed by atoms with van der Waals surface area (Å²) in [6, 6.07) is 8.11. The van der Waals surface area contributed by atoms with Gasteiger partial charge in [0.2, 0.25) is 5.91 Å². The van der Waals surface area contributed by atoms with E-state index in [1.807, 2.05) is 19.2 Å². The van der Waals surface area contributed by atoms with Gasteiger partial charge in [-0.2, -0.15) is 0 Å². The number of carbonyl (C=O) groups is 1. The summed E-state index contributed by atoms with van der Waals surface area (Å²) in [5.41, 5.74) is 1.59. The first-order chi connectivity index (χ1) is 9.50. The van der Waals surface area contributed by atoms with E-state index < -0.39 is 5.60 Å². The lowest BCUT2D eigenvalue weighted by Gasteiger charge is -2.33. The van der Waals surface area contributed by atoms with Crippen molar-refractivity contribution >= 4 is 5.91 Å². The normalized spacial score (nSPS) is 17.8. The number of hydrogen-bond donors (Lipinski definition) is 1. The van der Waals surface area contributed by atoms with Gasteiger partial charge in [-0.15, -0.1) is 0 Å². The van der Waals surface area contributed by atoms with E-state index in [0.29, 0.717) is 6.54 Å². The second-order valence-corrected chi connectivity index (χ2v) is 6.14. The van der Waals surface area contributed by atoms with Gasteiger partial charge in [-0.3, -0.25) is 4.79 Å². The van der Waals surface area contributed by atoms with Crippen molar-refractivity contribution in [3.63, 3.8) is 0 Å². The number of carbonyl (C=O) groups excluding carboxylic acids is 1. The molecule has 1 N–H and O–H groups in total. The number of benzene rings is 1. The third-order valence-corrected chi connectivity index (χ3v) is 4.36. The fourth-order valence-corrected chi connectivity index (χ4v) is 2.93. The summed E-state index contributed by atoms with van der Waals surface area (Å²) in [4.78, 5) is 14.0. The van der Waals surface area contributed by atoms with Crippen molar-refractivity contribution in [2.24, 2.45) is 0 Å². The molecule has 110 valence electrons. The van der Waals surface area contributed by atoms with Crippen LogP contribution in [0.4, 0.5) is 0 Å². The van der Waals surface area contributed by atoms with E-state index in [0.717, 1.165) is 25.7 Å². The van der Waals surface area contributed by atoms with Crippen LogP contribution in [0.5, 0.6) is 0 Å². The number of aliphatic hydroxyl groups is 1. The van der Waals surface area contributed by atoms with Crippen LogP contribution in [0.15, 0.2) is 24.3 Å². The predicted octanol–water partition coefficient (Wildman–Crippen LogP) is 3.04. The minimum atomic E-state index is -0.769. The Morgan fingerprint density at radius 2 is 1.90 bits per heavy atom. The third kappa shape index (κ3) is 3.83.